The van der Waals surface area contributed by atoms with E-state index in [1.807, 2.05) is 42.5 Å². The number of hydrogen-bond donors (Lipinski definition) is 2. The number of aromatic nitrogens is 2. The van der Waals surface area contributed by atoms with Gasteiger partial charge in [0, 0.05) is 23.7 Å². The molecule has 0 saturated carbocycles. The van der Waals surface area contributed by atoms with E-state index < -0.39 is 0 Å². The number of carbonyl (C=O) groups is 1. The molecule has 0 unspecified atom stereocenters. The number of nitrogens with zero attached hydrogens (tertiary/aromatic N) is 2. The van der Waals surface area contributed by atoms with Crippen molar-refractivity contribution in [3.05, 3.63) is 48.8 Å². The second-order valence-electron chi connectivity index (χ2n) is 4.99. The highest BCUT2D eigenvalue weighted by atomic mass is 16.5. The van der Waals surface area contributed by atoms with Gasteiger partial charge in [-0.25, -0.2) is 9.97 Å². The van der Waals surface area contributed by atoms with E-state index in [0.717, 1.165) is 28.0 Å². The number of amides is 1. The molecule has 2 aromatic carbocycles. The van der Waals surface area contributed by atoms with Gasteiger partial charge in [-0.3, -0.25) is 4.79 Å². The van der Waals surface area contributed by atoms with Gasteiger partial charge in [0.1, 0.15) is 17.9 Å². The van der Waals surface area contributed by atoms with E-state index in [-0.39, 0.29) is 5.91 Å². The van der Waals surface area contributed by atoms with Crippen LogP contribution in [-0.4, -0.2) is 23.0 Å². The highest BCUT2D eigenvalue weighted by Gasteiger charge is 2.06. The van der Waals surface area contributed by atoms with Gasteiger partial charge in [0.25, 0.3) is 0 Å². The second kappa shape index (κ2) is 6.31. The normalized spacial score (nSPS) is 10.3. The summed E-state index contributed by atoms with van der Waals surface area (Å²) in [5.41, 5.74) is 2.44. The smallest absolute Gasteiger partial charge is 0.221 e. The first kappa shape index (κ1) is 14.8. The maximum atomic E-state index is 11.0. The predicted octanol–water partition coefficient (Wildman–Crippen LogP) is 3.34. The number of fused-ring (bicyclic) bond motifs is 1. The van der Waals surface area contributed by atoms with Crippen molar-refractivity contribution >= 4 is 34.0 Å². The molecule has 1 amide bonds. The van der Waals surface area contributed by atoms with Gasteiger partial charge >= 0.3 is 0 Å². The van der Waals surface area contributed by atoms with E-state index in [1.54, 1.807) is 7.11 Å². The molecule has 116 valence electrons. The van der Waals surface area contributed by atoms with Crippen LogP contribution in [0.4, 0.5) is 17.2 Å². The zero-order valence-electron chi connectivity index (χ0n) is 12.8. The number of methoxy groups -OCH3 is 1. The average Bonchev–Trinajstić information content (AvgIpc) is 2.56. The van der Waals surface area contributed by atoms with Crippen LogP contribution in [0, 0.1) is 0 Å². The summed E-state index contributed by atoms with van der Waals surface area (Å²) in [6, 6.07) is 13.0. The number of ether oxygens (including phenoxy) is 1. The summed E-state index contributed by atoms with van der Waals surface area (Å²) in [6.45, 7) is 1.48. The molecule has 23 heavy (non-hydrogen) atoms. The van der Waals surface area contributed by atoms with E-state index in [9.17, 15) is 4.79 Å². The molecule has 0 atom stereocenters. The lowest BCUT2D eigenvalue weighted by Gasteiger charge is -2.10. The SMILES string of the molecule is COc1ccc2ncnc(Nc3ccc(NC(C)=O)cc3)c2c1. The summed E-state index contributed by atoms with van der Waals surface area (Å²) in [4.78, 5) is 19.6. The van der Waals surface area contributed by atoms with Crippen LogP contribution in [-0.2, 0) is 4.79 Å². The van der Waals surface area contributed by atoms with Gasteiger partial charge in [-0.2, -0.15) is 0 Å². The van der Waals surface area contributed by atoms with Gasteiger partial charge in [0.05, 0.1) is 12.6 Å². The molecule has 3 aromatic rings. The largest absolute Gasteiger partial charge is 0.497 e. The number of nitrogens with one attached hydrogen (secondary N) is 2. The van der Waals surface area contributed by atoms with Gasteiger partial charge in [-0.15, -0.1) is 0 Å². The molecule has 6 nitrogen and oxygen atoms in total. The summed E-state index contributed by atoms with van der Waals surface area (Å²) >= 11 is 0. The van der Waals surface area contributed by atoms with E-state index >= 15 is 0 Å². The summed E-state index contributed by atoms with van der Waals surface area (Å²) in [5.74, 6) is 1.34. The van der Waals surface area contributed by atoms with Crippen molar-refractivity contribution in [2.75, 3.05) is 17.7 Å². The first-order valence-corrected chi connectivity index (χ1v) is 7.09. The van der Waals surface area contributed by atoms with E-state index in [1.165, 1.54) is 13.3 Å². The Kier molecular flexibility index (Phi) is 4.05. The molecular weight excluding hydrogens is 292 g/mol. The van der Waals surface area contributed by atoms with Crippen molar-refractivity contribution in [1.82, 2.24) is 9.97 Å². The van der Waals surface area contributed by atoms with Gasteiger partial charge in [0.15, 0.2) is 0 Å². The Labute approximate surface area is 133 Å². The third kappa shape index (κ3) is 3.37. The van der Waals surface area contributed by atoms with Crippen LogP contribution in [0.5, 0.6) is 5.75 Å². The average molecular weight is 308 g/mol. The van der Waals surface area contributed by atoms with Crippen molar-refractivity contribution in [1.29, 1.82) is 0 Å². The summed E-state index contributed by atoms with van der Waals surface area (Å²) < 4.78 is 5.26. The molecule has 0 aliphatic heterocycles. The lowest BCUT2D eigenvalue weighted by molar-refractivity contribution is -0.114. The van der Waals surface area contributed by atoms with Crippen molar-refractivity contribution < 1.29 is 9.53 Å². The van der Waals surface area contributed by atoms with Gasteiger partial charge in [-0.1, -0.05) is 0 Å². The zero-order chi connectivity index (χ0) is 16.2. The van der Waals surface area contributed by atoms with Crippen LogP contribution < -0.4 is 15.4 Å². The summed E-state index contributed by atoms with van der Waals surface area (Å²) in [6.07, 6.45) is 1.52. The maximum Gasteiger partial charge on any atom is 0.221 e. The molecule has 0 radical (unpaired) electrons. The first-order valence-electron chi connectivity index (χ1n) is 7.09. The Morgan fingerprint density at radius 2 is 1.78 bits per heavy atom. The highest BCUT2D eigenvalue weighted by molar-refractivity contribution is 5.92. The molecule has 1 heterocycles. The minimum absolute atomic E-state index is 0.0976. The highest BCUT2D eigenvalue weighted by Crippen LogP contribution is 2.27. The molecule has 0 aliphatic carbocycles. The molecule has 1 aromatic heterocycles. The number of anilines is 3. The van der Waals surface area contributed by atoms with Crippen LogP contribution in [0.3, 0.4) is 0 Å². The monoisotopic (exact) mass is 308 g/mol. The van der Waals surface area contributed by atoms with E-state index in [2.05, 4.69) is 20.6 Å². The standard InChI is InChI=1S/C17H16N4O2/c1-11(22)20-12-3-5-13(6-4-12)21-17-15-9-14(23-2)7-8-16(15)18-10-19-17/h3-10H,1-2H3,(H,20,22)(H,18,19,21). The minimum Gasteiger partial charge on any atom is -0.497 e. The summed E-state index contributed by atoms with van der Waals surface area (Å²) in [5, 5.41) is 6.86. The lowest BCUT2D eigenvalue weighted by Crippen LogP contribution is -2.05. The summed E-state index contributed by atoms with van der Waals surface area (Å²) in [7, 11) is 1.62. The first-order chi connectivity index (χ1) is 11.2. The molecule has 0 bridgehead atoms. The van der Waals surface area contributed by atoms with Crippen LogP contribution in [0.1, 0.15) is 6.92 Å². The molecule has 0 aliphatic rings. The second-order valence-corrected chi connectivity index (χ2v) is 4.99. The van der Waals surface area contributed by atoms with Gasteiger partial charge in [0.2, 0.25) is 5.91 Å². The quantitative estimate of drug-likeness (QED) is 0.773. The Morgan fingerprint density at radius 1 is 1.04 bits per heavy atom. The van der Waals surface area contributed by atoms with Crippen LogP contribution in [0.25, 0.3) is 10.9 Å². The number of rotatable bonds is 4. The van der Waals surface area contributed by atoms with Crippen LogP contribution in [0.2, 0.25) is 0 Å². The molecule has 3 rings (SSSR count). The van der Waals surface area contributed by atoms with E-state index in [4.69, 9.17) is 4.74 Å². The van der Waals surface area contributed by atoms with Crippen molar-refractivity contribution in [3.63, 3.8) is 0 Å². The zero-order valence-corrected chi connectivity index (χ0v) is 12.8. The lowest BCUT2D eigenvalue weighted by atomic mass is 10.2. The fourth-order valence-corrected chi connectivity index (χ4v) is 2.24. The maximum absolute atomic E-state index is 11.0. The van der Waals surface area contributed by atoms with Crippen LogP contribution >= 0.6 is 0 Å². The third-order valence-corrected chi connectivity index (χ3v) is 3.31. The topological polar surface area (TPSA) is 76.1 Å². The Balaban J connectivity index is 1.90. The molecule has 0 spiro atoms. The number of hydrogen-bond acceptors (Lipinski definition) is 5. The van der Waals surface area contributed by atoms with Crippen molar-refractivity contribution in [3.8, 4) is 5.75 Å². The fraction of sp³-hybridized carbons (Fsp3) is 0.118. The number of benzene rings is 2. The van der Waals surface area contributed by atoms with Gasteiger partial charge in [-0.05, 0) is 42.5 Å². The van der Waals surface area contributed by atoms with Crippen molar-refractivity contribution in [2.24, 2.45) is 0 Å². The Morgan fingerprint density at radius 3 is 2.48 bits per heavy atom. The van der Waals surface area contributed by atoms with E-state index in [0.29, 0.717) is 5.82 Å². The Hall–Kier alpha value is -3.15. The Bertz CT molecular complexity index is 847. The van der Waals surface area contributed by atoms with Gasteiger partial charge < -0.3 is 15.4 Å². The molecule has 0 saturated heterocycles. The fourth-order valence-electron chi connectivity index (χ4n) is 2.24. The van der Waals surface area contributed by atoms with Crippen molar-refractivity contribution in [2.45, 2.75) is 6.92 Å². The molecule has 0 fully saturated rings. The minimum atomic E-state index is -0.0976. The van der Waals surface area contributed by atoms with Crippen LogP contribution in [0.15, 0.2) is 48.8 Å². The third-order valence-electron chi connectivity index (χ3n) is 3.31. The number of carbonyl (C=O) groups excluding carboxylic acids is 1. The molecule has 6 heteroatoms. The molecular formula is C17H16N4O2. The predicted molar refractivity (Wildman–Crippen MR) is 90.1 cm³/mol. The molecule has 2 N–H and O–H groups in total.